The fraction of sp³-hybridized carbons (Fsp3) is 0.385. The van der Waals surface area contributed by atoms with Crippen molar-refractivity contribution in [3.05, 3.63) is 35.4 Å². The van der Waals surface area contributed by atoms with Crippen molar-refractivity contribution in [1.82, 2.24) is 5.32 Å². The molecule has 1 heterocycles. The molecular weight excluding hydrogens is 232 g/mol. The summed E-state index contributed by atoms with van der Waals surface area (Å²) in [4.78, 5) is 15.8. The van der Waals surface area contributed by atoms with E-state index in [1.54, 1.807) is 11.8 Å². The van der Waals surface area contributed by atoms with Gasteiger partial charge in [-0.05, 0) is 18.9 Å². The lowest BCUT2D eigenvalue weighted by Crippen LogP contribution is -2.27. The number of aliphatic imine (C=N–C) groups is 1. The van der Waals surface area contributed by atoms with Crippen LogP contribution < -0.4 is 5.32 Å². The minimum atomic E-state index is 0.0552. The standard InChI is InChI=1S/C13H16N2OS/c1-10-3-2-4-11(9-10)5-6-12(16)15-13-14-7-8-17-13/h2-4,9H,5-8H2,1H3,(H,14,15,16). The SMILES string of the molecule is Cc1cccc(CCC(=O)NC2=NCCS2)c1. The largest absolute Gasteiger partial charge is 0.305 e. The Morgan fingerprint density at radius 3 is 3.12 bits per heavy atom. The molecule has 0 radical (unpaired) electrons. The van der Waals surface area contributed by atoms with E-state index in [1.807, 2.05) is 6.07 Å². The summed E-state index contributed by atoms with van der Waals surface area (Å²) in [7, 11) is 0. The lowest BCUT2D eigenvalue weighted by atomic mass is 10.1. The van der Waals surface area contributed by atoms with Gasteiger partial charge in [-0.15, -0.1) is 0 Å². The van der Waals surface area contributed by atoms with E-state index in [1.165, 1.54) is 11.1 Å². The minimum absolute atomic E-state index is 0.0552. The summed E-state index contributed by atoms with van der Waals surface area (Å²) < 4.78 is 0. The Bertz CT molecular complexity index is 443. The Kier molecular flexibility index (Phi) is 4.20. The molecule has 1 aliphatic rings. The van der Waals surface area contributed by atoms with Crippen molar-refractivity contribution in [2.24, 2.45) is 4.99 Å². The quantitative estimate of drug-likeness (QED) is 0.890. The minimum Gasteiger partial charge on any atom is -0.305 e. The number of hydrogen-bond donors (Lipinski definition) is 1. The van der Waals surface area contributed by atoms with Gasteiger partial charge in [-0.25, -0.2) is 0 Å². The van der Waals surface area contributed by atoms with Gasteiger partial charge in [-0.2, -0.15) is 0 Å². The molecule has 0 unspecified atom stereocenters. The zero-order valence-electron chi connectivity index (χ0n) is 9.90. The van der Waals surface area contributed by atoms with Crippen molar-refractivity contribution in [3.63, 3.8) is 0 Å². The maximum atomic E-state index is 11.7. The van der Waals surface area contributed by atoms with Gasteiger partial charge in [0.05, 0.1) is 6.54 Å². The first-order valence-corrected chi connectivity index (χ1v) is 6.75. The lowest BCUT2D eigenvalue weighted by molar-refractivity contribution is -0.119. The second-order valence-electron chi connectivity index (χ2n) is 4.07. The van der Waals surface area contributed by atoms with Crippen LogP contribution in [-0.2, 0) is 11.2 Å². The molecule has 1 aliphatic heterocycles. The summed E-state index contributed by atoms with van der Waals surface area (Å²) in [5, 5.41) is 3.61. The average molecular weight is 248 g/mol. The summed E-state index contributed by atoms with van der Waals surface area (Å²) >= 11 is 1.61. The van der Waals surface area contributed by atoms with Crippen LogP contribution in [0.25, 0.3) is 0 Å². The van der Waals surface area contributed by atoms with Crippen molar-refractivity contribution < 1.29 is 4.79 Å². The van der Waals surface area contributed by atoms with E-state index in [-0.39, 0.29) is 5.91 Å². The first-order valence-electron chi connectivity index (χ1n) is 5.77. The topological polar surface area (TPSA) is 41.5 Å². The van der Waals surface area contributed by atoms with Crippen LogP contribution >= 0.6 is 11.8 Å². The third kappa shape index (κ3) is 3.89. The molecule has 17 heavy (non-hydrogen) atoms. The monoisotopic (exact) mass is 248 g/mol. The fourth-order valence-corrected chi connectivity index (χ4v) is 2.46. The van der Waals surface area contributed by atoms with Gasteiger partial charge < -0.3 is 5.32 Å². The van der Waals surface area contributed by atoms with Gasteiger partial charge in [0.15, 0.2) is 5.17 Å². The first kappa shape index (κ1) is 12.2. The molecule has 0 fully saturated rings. The molecule has 0 atom stereocenters. The van der Waals surface area contributed by atoms with Crippen molar-refractivity contribution in [2.45, 2.75) is 19.8 Å². The van der Waals surface area contributed by atoms with Crippen LogP contribution in [0.3, 0.4) is 0 Å². The van der Waals surface area contributed by atoms with Gasteiger partial charge in [-0.3, -0.25) is 9.79 Å². The van der Waals surface area contributed by atoms with Gasteiger partial charge in [0.2, 0.25) is 5.91 Å². The summed E-state index contributed by atoms with van der Waals surface area (Å²) in [6.45, 7) is 2.88. The second kappa shape index (κ2) is 5.87. The van der Waals surface area contributed by atoms with Gasteiger partial charge in [0.1, 0.15) is 0 Å². The summed E-state index contributed by atoms with van der Waals surface area (Å²) in [5.41, 5.74) is 2.44. The molecule has 0 spiro atoms. The van der Waals surface area contributed by atoms with E-state index in [9.17, 15) is 4.79 Å². The summed E-state index contributed by atoms with van der Waals surface area (Å²) in [6, 6.07) is 8.27. The zero-order valence-corrected chi connectivity index (χ0v) is 10.7. The van der Waals surface area contributed by atoms with Crippen LogP contribution in [-0.4, -0.2) is 23.4 Å². The van der Waals surface area contributed by atoms with E-state index in [0.717, 1.165) is 23.9 Å². The molecule has 3 nitrogen and oxygen atoms in total. The first-order chi connectivity index (χ1) is 8.24. The van der Waals surface area contributed by atoms with E-state index >= 15 is 0 Å². The van der Waals surface area contributed by atoms with Crippen molar-refractivity contribution in [2.75, 3.05) is 12.3 Å². The van der Waals surface area contributed by atoms with Crippen LogP contribution in [0, 0.1) is 6.92 Å². The molecule has 1 aromatic carbocycles. The number of amides is 1. The van der Waals surface area contributed by atoms with Crippen LogP contribution in [0.2, 0.25) is 0 Å². The second-order valence-corrected chi connectivity index (χ2v) is 5.16. The Labute approximate surface area is 106 Å². The molecule has 0 aromatic heterocycles. The number of benzene rings is 1. The molecule has 2 rings (SSSR count). The van der Waals surface area contributed by atoms with Crippen LogP contribution in [0.4, 0.5) is 0 Å². The molecule has 0 saturated heterocycles. The molecule has 1 aromatic rings. The Morgan fingerprint density at radius 1 is 1.53 bits per heavy atom. The van der Waals surface area contributed by atoms with Gasteiger partial charge in [-0.1, -0.05) is 41.6 Å². The number of amidine groups is 1. The van der Waals surface area contributed by atoms with Crippen molar-refractivity contribution in [1.29, 1.82) is 0 Å². The van der Waals surface area contributed by atoms with Gasteiger partial charge in [0.25, 0.3) is 0 Å². The zero-order chi connectivity index (χ0) is 12.1. The Morgan fingerprint density at radius 2 is 2.41 bits per heavy atom. The third-order valence-electron chi connectivity index (χ3n) is 2.56. The molecule has 0 saturated carbocycles. The third-order valence-corrected chi connectivity index (χ3v) is 3.45. The highest BCUT2D eigenvalue weighted by atomic mass is 32.2. The highest BCUT2D eigenvalue weighted by molar-refractivity contribution is 8.14. The van der Waals surface area contributed by atoms with E-state index in [2.05, 4.69) is 35.4 Å². The lowest BCUT2D eigenvalue weighted by Gasteiger charge is -2.04. The van der Waals surface area contributed by atoms with E-state index < -0.39 is 0 Å². The van der Waals surface area contributed by atoms with Gasteiger partial charge >= 0.3 is 0 Å². The Hall–Kier alpha value is -1.29. The molecule has 0 aliphatic carbocycles. The number of carbonyl (C=O) groups excluding carboxylic acids is 1. The number of nitrogens with one attached hydrogen (secondary N) is 1. The predicted molar refractivity (Wildman–Crippen MR) is 72.4 cm³/mol. The number of hydrogen-bond acceptors (Lipinski definition) is 3. The van der Waals surface area contributed by atoms with Crippen LogP contribution in [0.5, 0.6) is 0 Å². The number of thioether (sulfide) groups is 1. The highest BCUT2D eigenvalue weighted by Gasteiger charge is 2.10. The smallest absolute Gasteiger partial charge is 0.226 e. The van der Waals surface area contributed by atoms with Gasteiger partial charge in [0, 0.05) is 12.2 Å². The maximum absolute atomic E-state index is 11.7. The molecule has 90 valence electrons. The van der Waals surface area contributed by atoms with E-state index in [0.29, 0.717) is 6.42 Å². The number of nitrogens with zero attached hydrogens (tertiary/aromatic N) is 1. The van der Waals surface area contributed by atoms with Crippen molar-refractivity contribution in [3.8, 4) is 0 Å². The molecule has 1 N–H and O–H groups in total. The van der Waals surface area contributed by atoms with Crippen molar-refractivity contribution >= 4 is 22.8 Å². The van der Waals surface area contributed by atoms with E-state index in [4.69, 9.17) is 0 Å². The molecule has 4 heteroatoms. The normalized spacial score (nSPS) is 14.5. The van der Waals surface area contributed by atoms with Crippen LogP contribution in [0.15, 0.2) is 29.3 Å². The number of rotatable bonds is 3. The molecular formula is C13H16N2OS. The molecule has 0 bridgehead atoms. The fourth-order valence-electron chi connectivity index (χ4n) is 1.72. The Balaban J connectivity index is 1.79. The average Bonchev–Trinajstić information content (AvgIpc) is 2.79. The maximum Gasteiger partial charge on any atom is 0.226 e. The predicted octanol–water partition coefficient (Wildman–Crippen LogP) is 2.15. The number of carbonyl (C=O) groups is 1. The molecule has 1 amide bonds. The highest BCUT2D eigenvalue weighted by Crippen LogP contribution is 2.10. The van der Waals surface area contributed by atoms with Crippen LogP contribution in [0.1, 0.15) is 17.5 Å². The number of aryl methyl sites for hydroxylation is 2. The summed E-state index contributed by atoms with van der Waals surface area (Å²) in [5.74, 6) is 1.03. The summed E-state index contributed by atoms with van der Waals surface area (Å²) in [6.07, 6.45) is 1.30.